The van der Waals surface area contributed by atoms with Gasteiger partial charge in [-0.1, -0.05) is 147 Å². The molecule has 50 heavy (non-hydrogen) atoms. The summed E-state index contributed by atoms with van der Waals surface area (Å²) in [7, 11) is 0. The van der Waals surface area contributed by atoms with Crippen LogP contribution in [0.3, 0.4) is 0 Å². The molecule has 0 atom stereocenters. The fourth-order valence-electron chi connectivity index (χ4n) is 8.62. The Bertz CT molecular complexity index is 2690. The van der Waals surface area contributed by atoms with Gasteiger partial charge in [0, 0.05) is 21.9 Å². The van der Waals surface area contributed by atoms with Crippen LogP contribution < -0.4 is 0 Å². The monoisotopic (exact) mass is 637 g/mol. The summed E-state index contributed by atoms with van der Waals surface area (Å²) in [6, 6.07) is 64.6. The summed E-state index contributed by atoms with van der Waals surface area (Å²) in [5.41, 5.74) is 16.4. The molecule has 1 aliphatic rings. The normalized spacial score (nSPS) is 13.2. The molecule has 0 bridgehead atoms. The van der Waals surface area contributed by atoms with Crippen LogP contribution in [0.1, 0.15) is 25.0 Å². The number of hydrogen-bond acceptors (Lipinski definition) is 0. The topological polar surface area (TPSA) is 4.93 Å². The van der Waals surface area contributed by atoms with Crippen molar-refractivity contribution in [3.05, 3.63) is 187 Å². The highest BCUT2D eigenvalue weighted by Gasteiger charge is 2.38. The number of rotatable bonds is 4. The maximum Gasteiger partial charge on any atom is 0.0547 e. The molecule has 0 aliphatic heterocycles. The number of aromatic nitrogens is 1. The van der Waals surface area contributed by atoms with E-state index in [9.17, 15) is 0 Å². The van der Waals surface area contributed by atoms with Gasteiger partial charge in [0.1, 0.15) is 0 Å². The van der Waals surface area contributed by atoms with Crippen molar-refractivity contribution in [2.24, 2.45) is 0 Å². The third-order valence-electron chi connectivity index (χ3n) is 10.9. The molecule has 0 fully saturated rings. The molecule has 8 aromatic carbocycles. The molecule has 9 aromatic rings. The van der Waals surface area contributed by atoms with Gasteiger partial charge in [0.25, 0.3) is 0 Å². The van der Waals surface area contributed by atoms with Crippen molar-refractivity contribution in [2.75, 3.05) is 0 Å². The summed E-state index contributed by atoms with van der Waals surface area (Å²) in [6.45, 7) is 4.79. The Hall–Kier alpha value is -6.18. The van der Waals surface area contributed by atoms with Crippen LogP contribution in [0.25, 0.3) is 82.8 Å². The Kier molecular flexibility index (Phi) is 6.29. The minimum atomic E-state index is -0.0997. The van der Waals surface area contributed by atoms with Gasteiger partial charge in [-0.25, -0.2) is 0 Å². The Balaban J connectivity index is 1.15. The van der Waals surface area contributed by atoms with Gasteiger partial charge in [-0.3, -0.25) is 0 Å². The molecule has 1 heterocycles. The van der Waals surface area contributed by atoms with Gasteiger partial charge in [-0.2, -0.15) is 0 Å². The predicted octanol–water partition coefficient (Wildman–Crippen LogP) is 13.2. The van der Waals surface area contributed by atoms with Crippen LogP contribution >= 0.6 is 0 Å². The van der Waals surface area contributed by atoms with Crippen LogP contribution in [0.4, 0.5) is 0 Å². The molecule has 10 rings (SSSR count). The van der Waals surface area contributed by atoms with E-state index >= 15 is 0 Å². The van der Waals surface area contributed by atoms with E-state index in [-0.39, 0.29) is 5.41 Å². The van der Waals surface area contributed by atoms with E-state index in [2.05, 4.69) is 194 Å². The van der Waals surface area contributed by atoms with Gasteiger partial charge < -0.3 is 4.57 Å². The van der Waals surface area contributed by atoms with Crippen LogP contribution in [0.2, 0.25) is 0 Å². The molecular formula is C49H35N. The van der Waals surface area contributed by atoms with E-state index in [0.29, 0.717) is 0 Å². The number of hydrogen-bond donors (Lipinski definition) is 0. The molecule has 0 radical (unpaired) electrons. The van der Waals surface area contributed by atoms with E-state index in [1.54, 1.807) is 0 Å². The summed E-state index contributed by atoms with van der Waals surface area (Å²) >= 11 is 0. The molecule has 0 unspecified atom stereocenters. The van der Waals surface area contributed by atoms with Crippen LogP contribution in [0, 0.1) is 0 Å². The quantitative estimate of drug-likeness (QED) is 0.181. The summed E-state index contributed by atoms with van der Waals surface area (Å²) in [6.07, 6.45) is 0. The third kappa shape index (κ3) is 4.27. The van der Waals surface area contributed by atoms with Crippen molar-refractivity contribution >= 4 is 32.6 Å². The van der Waals surface area contributed by atoms with Crippen molar-refractivity contribution in [3.63, 3.8) is 0 Å². The summed E-state index contributed by atoms with van der Waals surface area (Å²) in [4.78, 5) is 0. The molecule has 1 aromatic heterocycles. The molecule has 0 spiro atoms. The smallest absolute Gasteiger partial charge is 0.0547 e. The minimum absolute atomic E-state index is 0.0997. The van der Waals surface area contributed by atoms with Crippen molar-refractivity contribution in [1.82, 2.24) is 4.57 Å². The Morgan fingerprint density at radius 2 is 0.980 bits per heavy atom. The lowest BCUT2D eigenvalue weighted by atomic mass is 9.80. The Morgan fingerprint density at radius 1 is 0.420 bits per heavy atom. The predicted molar refractivity (Wildman–Crippen MR) is 212 cm³/mol. The first kappa shape index (κ1) is 28.8. The van der Waals surface area contributed by atoms with Gasteiger partial charge in [0.15, 0.2) is 0 Å². The highest BCUT2D eigenvalue weighted by Crippen LogP contribution is 2.55. The highest BCUT2D eigenvalue weighted by molar-refractivity contribution is 6.19. The second-order valence-electron chi connectivity index (χ2n) is 14.1. The van der Waals surface area contributed by atoms with Gasteiger partial charge in [0.2, 0.25) is 0 Å². The van der Waals surface area contributed by atoms with Crippen LogP contribution in [0.15, 0.2) is 176 Å². The standard InChI is InChI=1S/C49H35N/c1-49(2)43-27-28-45-47(46(43)42-26-23-35-17-9-10-18-40(35)48(42)49)41-19-11-12-20-44(41)50(45)39-24-21-34(22-25-39)38-30-36(32-13-5-3-6-14-32)29-37(31-38)33-15-7-4-8-16-33/h3-31H,1-2H3. The molecule has 1 aliphatic carbocycles. The summed E-state index contributed by atoms with van der Waals surface area (Å²) < 4.78 is 2.45. The Labute approximate surface area is 292 Å². The molecule has 1 nitrogen and oxygen atoms in total. The molecular weight excluding hydrogens is 603 g/mol. The lowest BCUT2D eigenvalue weighted by Gasteiger charge is -2.23. The van der Waals surface area contributed by atoms with Crippen molar-refractivity contribution in [2.45, 2.75) is 19.3 Å². The van der Waals surface area contributed by atoms with Crippen LogP contribution in [-0.4, -0.2) is 4.57 Å². The summed E-state index contributed by atoms with van der Waals surface area (Å²) in [5.74, 6) is 0. The van der Waals surface area contributed by atoms with Gasteiger partial charge >= 0.3 is 0 Å². The lowest BCUT2D eigenvalue weighted by molar-refractivity contribution is 0.666. The van der Waals surface area contributed by atoms with Gasteiger partial charge in [-0.05, 0) is 109 Å². The van der Waals surface area contributed by atoms with E-state index in [1.807, 2.05) is 0 Å². The molecule has 0 saturated carbocycles. The zero-order chi connectivity index (χ0) is 33.4. The second kappa shape index (κ2) is 10.9. The second-order valence-corrected chi connectivity index (χ2v) is 14.1. The Morgan fingerprint density at radius 3 is 1.64 bits per heavy atom. The minimum Gasteiger partial charge on any atom is -0.309 e. The van der Waals surface area contributed by atoms with Gasteiger partial charge in [-0.15, -0.1) is 0 Å². The summed E-state index contributed by atoms with van der Waals surface area (Å²) in [5, 5.41) is 5.29. The van der Waals surface area contributed by atoms with E-state index in [4.69, 9.17) is 0 Å². The first-order chi connectivity index (χ1) is 24.6. The third-order valence-corrected chi connectivity index (χ3v) is 10.9. The molecule has 1 heteroatoms. The maximum absolute atomic E-state index is 2.45. The van der Waals surface area contributed by atoms with E-state index in [0.717, 1.165) is 0 Å². The fraction of sp³-hybridized carbons (Fsp3) is 0.0612. The highest BCUT2D eigenvalue weighted by atomic mass is 15.0. The number of benzene rings is 8. The largest absolute Gasteiger partial charge is 0.309 e. The molecule has 0 saturated heterocycles. The van der Waals surface area contributed by atoms with Crippen molar-refractivity contribution in [1.29, 1.82) is 0 Å². The van der Waals surface area contributed by atoms with E-state index < -0.39 is 0 Å². The lowest BCUT2D eigenvalue weighted by Crippen LogP contribution is -2.15. The SMILES string of the molecule is CC1(C)c2ccc3c(c2-c2ccc4ccccc4c21)c1ccccc1n3-c1ccc(-c2cc(-c3ccccc3)cc(-c3ccccc3)c2)cc1. The van der Waals surface area contributed by atoms with Crippen molar-refractivity contribution < 1.29 is 0 Å². The fourth-order valence-corrected chi connectivity index (χ4v) is 8.62. The first-order valence-corrected chi connectivity index (χ1v) is 17.5. The zero-order valence-corrected chi connectivity index (χ0v) is 28.2. The molecule has 236 valence electrons. The van der Waals surface area contributed by atoms with E-state index in [1.165, 1.54) is 93.9 Å². The maximum atomic E-state index is 2.45. The number of fused-ring (bicyclic) bond motifs is 9. The van der Waals surface area contributed by atoms with Crippen LogP contribution in [0.5, 0.6) is 0 Å². The zero-order valence-electron chi connectivity index (χ0n) is 28.2. The number of para-hydroxylation sites is 1. The first-order valence-electron chi connectivity index (χ1n) is 17.5. The average molecular weight is 638 g/mol. The van der Waals surface area contributed by atoms with Crippen LogP contribution in [-0.2, 0) is 5.41 Å². The van der Waals surface area contributed by atoms with Crippen molar-refractivity contribution in [3.8, 4) is 50.2 Å². The molecule has 0 N–H and O–H groups in total. The average Bonchev–Trinajstić information content (AvgIpc) is 3.64. The van der Waals surface area contributed by atoms with Gasteiger partial charge in [0.05, 0.1) is 11.0 Å². The number of nitrogens with zero attached hydrogens (tertiary/aromatic N) is 1. The molecule has 0 amide bonds.